The van der Waals surface area contributed by atoms with Crippen LogP contribution in [0, 0.1) is 0 Å². The Morgan fingerprint density at radius 2 is 2.17 bits per heavy atom. The van der Waals surface area contributed by atoms with E-state index in [1.165, 1.54) is 22.8 Å². The van der Waals surface area contributed by atoms with E-state index in [1.54, 1.807) is 26.8 Å². The molecule has 1 unspecified atom stereocenters. The van der Waals surface area contributed by atoms with Crippen molar-refractivity contribution in [1.29, 1.82) is 0 Å². The van der Waals surface area contributed by atoms with Crippen molar-refractivity contribution in [3.05, 3.63) is 24.5 Å². The van der Waals surface area contributed by atoms with Crippen molar-refractivity contribution >= 4 is 16.1 Å². The molecule has 1 fully saturated rings. The summed E-state index contributed by atoms with van der Waals surface area (Å²) in [5.74, 6) is 0. The molecule has 134 valence electrons. The van der Waals surface area contributed by atoms with Crippen LogP contribution in [0.1, 0.15) is 40.0 Å². The fourth-order valence-electron chi connectivity index (χ4n) is 2.64. The maximum atomic E-state index is 12.8. The molecule has 0 bridgehead atoms. The first-order valence-electron chi connectivity index (χ1n) is 8.09. The largest absolute Gasteiger partial charge is 0.444 e. The van der Waals surface area contributed by atoms with Gasteiger partial charge in [0.1, 0.15) is 10.5 Å². The number of rotatable bonds is 4. The number of nitrogens with zero attached hydrogens (tertiary/aromatic N) is 2. The number of hydrogen-bond donors (Lipinski definition) is 1. The molecule has 0 radical (unpaired) electrons. The summed E-state index contributed by atoms with van der Waals surface area (Å²) in [5, 5.41) is 2.68. The Morgan fingerprint density at radius 1 is 1.42 bits per heavy atom. The lowest BCUT2D eigenvalue weighted by Gasteiger charge is -2.34. The van der Waals surface area contributed by atoms with Crippen LogP contribution < -0.4 is 5.32 Å². The van der Waals surface area contributed by atoms with Gasteiger partial charge in [-0.3, -0.25) is 4.98 Å². The summed E-state index contributed by atoms with van der Waals surface area (Å²) in [7, 11) is -3.62. The highest BCUT2D eigenvalue weighted by molar-refractivity contribution is 7.89. The van der Waals surface area contributed by atoms with Crippen molar-refractivity contribution in [3.63, 3.8) is 0 Å². The van der Waals surface area contributed by atoms with Crippen LogP contribution >= 0.6 is 0 Å². The molecule has 0 aliphatic carbocycles. The summed E-state index contributed by atoms with van der Waals surface area (Å²) in [6.07, 6.45) is 4.79. The molecular formula is C16H25N3O4S. The number of ether oxygens (including phenoxy) is 1. The van der Waals surface area contributed by atoms with E-state index in [2.05, 4.69) is 10.3 Å². The van der Waals surface area contributed by atoms with Crippen molar-refractivity contribution in [2.75, 3.05) is 13.1 Å². The first-order chi connectivity index (χ1) is 11.2. The Labute approximate surface area is 143 Å². The van der Waals surface area contributed by atoms with Crippen molar-refractivity contribution in [1.82, 2.24) is 14.6 Å². The lowest BCUT2D eigenvalue weighted by Crippen LogP contribution is -2.49. The van der Waals surface area contributed by atoms with Crippen LogP contribution in [0.4, 0.5) is 4.79 Å². The SMILES string of the molecule is CC(C)(C)OC(=O)NCC1CCCCN1S(=O)(=O)c1cccnc1. The van der Waals surface area contributed by atoms with Gasteiger partial charge in [-0.05, 0) is 45.7 Å². The van der Waals surface area contributed by atoms with Gasteiger partial charge in [-0.2, -0.15) is 4.31 Å². The third kappa shape index (κ3) is 4.91. The second kappa shape index (κ2) is 7.48. The van der Waals surface area contributed by atoms with Crippen molar-refractivity contribution in [2.45, 2.75) is 56.6 Å². The van der Waals surface area contributed by atoms with E-state index in [1.807, 2.05) is 0 Å². The number of aromatic nitrogens is 1. The third-order valence-corrected chi connectivity index (χ3v) is 5.63. The smallest absolute Gasteiger partial charge is 0.407 e. The van der Waals surface area contributed by atoms with Gasteiger partial charge in [0.25, 0.3) is 0 Å². The number of carbonyl (C=O) groups excluding carboxylic acids is 1. The van der Waals surface area contributed by atoms with E-state index in [4.69, 9.17) is 4.74 Å². The van der Waals surface area contributed by atoms with Gasteiger partial charge in [0.15, 0.2) is 0 Å². The quantitative estimate of drug-likeness (QED) is 0.894. The van der Waals surface area contributed by atoms with E-state index in [0.29, 0.717) is 13.0 Å². The van der Waals surface area contributed by atoms with Crippen LogP contribution in [0.2, 0.25) is 0 Å². The molecule has 7 nitrogen and oxygen atoms in total. The summed E-state index contributed by atoms with van der Waals surface area (Å²) >= 11 is 0. The average Bonchev–Trinajstić information content (AvgIpc) is 2.52. The van der Waals surface area contributed by atoms with Crippen LogP contribution in [0.5, 0.6) is 0 Å². The van der Waals surface area contributed by atoms with E-state index in [9.17, 15) is 13.2 Å². The van der Waals surface area contributed by atoms with Gasteiger partial charge >= 0.3 is 6.09 Å². The summed E-state index contributed by atoms with van der Waals surface area (Å²) in [4.78, 5) is 15.9. The molecule has 1 aromatic rings. The zero-order valence-electron chi connectivity index (χ0n) is 14.4. The second-order valence-corrected chi connectivity index (χ2v) is 8.73. The number of nitrogens with one attached hydrogen (secondary N) is 1. The average molecular weight is 355 g/mol. The molecule has 1 aliphatic rings. The number of piperidine rings is 1. The fourth-order valence-corrected chi connectivity index (χ4v) is 4.30. The van der Waals surface area contributed by atoms with Crippen LogP contribution in [0.3, 0.4) is 0 Å². The monoisotopic (exact) mass is 355 g/mol. The Kier molecular flexibility index (Phi) is 5.82. The fraction of sp³-hybridized carbons (Fsp3) is 0.625. The Hall–Kier alpha value is -1.67. The van der Waals surface area contributed by atoms with Gasteiger partial charge < -0.3 is 10.1 Å². The zero-order valence-corrected chi connectivity index (χ0v) is 15.2. The van der Waals surface area contributed by atoms with Gasteiger partial charge in [0.05, 0.1) is 0 Å². The highest BCUT2D eigenvalue weighted by Crippen LogP contribution is 2.24. The lowest BCUT2D eigenvalue weighted by atomic mass is 10.1. The molecule has 1 N–H and O–H groups in total. The predicted octanol–water partition coefficient (Wildman–Crippen LogP) is 2.15. The third-order valence-electron chi connectivity index (χ3n) is 3.70. The van der Waals surface area contributed by atoms with Crippen molar-refractivity contribution < 1.29 is 17.9 Å². The summed E-state index contributed by atoms with van der Waals surface area (Å²) in [5.41, 5.74) is -0.585. The number of pyridine rings is 1. The molecule has 1 aromatic heterocycles. The molecule has 0 spiro atoms. The number of alkyl carbamates (subject to hydrolysis) is 1. The molecule has 1 amide bonds. The zero-order chi connectivity index (χ0) is 17.8. The minimum Gasteiger partial charge on any atom is -0.444 e. The van der Waals surface area contributed by atoms with Gasteiger partial charge in [-0.1, -0.05) is 6.42 Å². The molecule has 24 heavy (non-hydrogen) atoms. The Bertz CT molecular complexity index is 656. The minimum absolute atomic E-state index is 0.175. The predicted molar refractivity (Wildman–Crippen MR) is 90.0 cm³/mol. The molecule has 2 heterocycles. The molecule has 1 saturated heterocycles. The molecule has 1 atom stereocenters. The van der Waals surface area contributed by atoms with Crippen LogP contribution in [0.15, 0.2) is 29.4 Å². The highest BCUT2D eigenvalue weighted by Gasteiger charge is 2.34. The first kappa shape index (κ1) is 18.7. The minimum atomic E-state index is -3.62. The Morgan fingerprint density at radius 3 is 2.79 bits per heavy atom. The highest BCUT2D eigenvalue weighted by atomic mass is 32.2. The van der Waals surface area contributed by atoms with Crippen LogP contribution in [0.25, 0.3) is 0 Å². The molecular weight excluding hydrogens is 330 g/mol. The number of sulfonamides is 1. The second-order valence-electron chi connectivity index (χ2n) is 6.84. The lowest BCUT2D eigenvalue weighted by molar-refractivity contribution is 0.0512. The summed E-state index contributed by atoms with van der Waals surface area (Å²) in [6.45, 7) is 6.03. The van der Waals surface area contributed by atoms with E-state index in [-0.39, 0.29) is 17.5 Å². The summed E-state index contributed by atoms with van der Waals surface area (Å²) < 4.78 is 32.3. The van der Waals surface area contributed by atoms with Crippen molar-refractivity contribution in [3.8, 4) is 0 Å². The van der Waals surface area contributed by atoms with E-state index >= 15 is 0 Å². The van der Waals surface area contributed by atoms with Crippen LogP contribution in [-0.4, -0.2) is 48.5 Å². The molecule has 8 heteroatoms. The van der Waals surface area contributed by atoms with Gasteiger partial charge in [0.2, 0.25) is 10.0 Å². The standard InChI is InChI=1S/C16H25N3O4S/c1-16(2,3)23-15(20)18-11-13-7-4-5-10-19(13)24(21,22)14-8-6-9-17-12-14/h6,8-9,12-13H,4-5,7,10-11H2,1-3H3,(H,18,20). The topological polar surface area (TPSA) is 88.6 Å². The maximum Gasteiger partial charge on any atom is 0.407 e. The first-order valence-corrected chi connectivity index (χ1v) is 9.53. The number of hydrogen-bond acceptors (Lipinski definition) is 5. The number of amides is 1. The molecule has 0 saturated carbocycles. The molecule has 0 aromatic carbocycles. The normalized spacial score (nSPS) is 19.7. The van der Waals surface area contributed by atoms with Crippen LogP contribution in [-0.2, 0) is 14.8 Å². The van der Waals surface area contributed by atoms with Gasteiger partial charge in [-0.25, -0.2) is 13.2 Å². The van der Waals surface area contributed by atoms with E-state index in [0.717, 1.165) is 12.8 Å². The molecule has 2 rings (SSSR count). The summed E-state index contributed by atoms with van der Waals surface area (Å²) in [6, 6.07) is 2.86. The van der Waals surface area contributed by atoms with E-state index < -0.39 is 21.7 Å². The maximum absolute atomic E-state index is 12.8. The van der Waals surface area contributed by atoms with Gasteiger partial charge in [0, 0.05) is 31.5 Å². The Balaban J connectivity index is 2.07. The van der Waals surface area contributed by atoms with Crippen molar-refractivity contribution in [2.24, 2.45) is 0 Å². The molecule has 1 aliphatic heterocycles. The number of carbonyl (C=O) groups is 1. The van der Waals surface area contributed by atoms with Gasteiger partial charge in [-0.15, -0.1) is 0 Å².